The lowest BCUT2D eigenvalue weighted by Gasteiger charge is -2.39. The molecular formula is C12H14N8O2S. The third-order valence-electron chi connectivity index (χ3n) is 3.47. The zero-order valence-corrected chi connectivity index (χ0v) is 13.1. The zero-order chi connectivity index (χ0) is 17.0. The summed E-state index contributed by atoms with van der Waals surface area (Å²) in [6.45, 7) is 0.549. The second-order valence-electron chi connectivity index (χ2n) is 5.20. The van der Waals surface area contributed by atoms with Gasteiger partial charge in [0.1, 0.15) is 0 Å². The molecule has 0 aliphatic carbocycles. The molecule has 2 rings (SSSR count). The second kappa shape index (κ2) is 6.57. The smallest absolute Gasteiger partial charge is 0.253 e. The van der Waals surface area contributed by atoms with E-state index in [1.54, 1.807) is 6.07 Å². The molecule has 0 spiro atoms. The molecule has 10 nitrogen and oxygen atoms in total. The number of hydrogen-bond donors (Lipinski definition) is 1. The summed E-state index contributed by atoms with van der Waals surface area (Å²) in [6.07, 6.45) is 1.36. The van der Waals surface area contributed by atoms with Crippen molar-refractivity contribution in [2.75, 3.05) is 19.3 Å². The van der Waals surface area contributed by atoms with Gasteiger partial charge in [0.05, 0.1) is 11.8 Å². The molecular weight excluding hydrogens is 320 g/mol. The molecule has 1 heterocycles. The molecule has 0 saturated carbocycles. The fraction of sp³-hybridized carbons (Fsp3) is 0.417. The van der Waals surface area contributed by atoms with E-state index in [0.717, 1.165) is 0 Å². The van der Waals surface area contributed by atoms with Crippen molar-refractivity contribution in [1.29, 1.82) is 4.78 Å². The summed E-state index contributed by atoms with van der Waals surface area (Å²) in [7, 11) is -2.67. The summed E-state index contributed by atoms with van der Waals surface area (Å²) < 4.78 is 19.1. The van der Waals surface area contributed by atoms with Crippen LogP contribution in [0, 0.1) is 4.78 Å². The van der Waals surface area contributed by atoms with E-state index in [0.29, 0.717) is 11.1 Å². The number of carbonyl (C=O) groups is 1. The van der Waals surface area contributed by atoms with Gasteiger partial charge in [0.15, 0.2) is 0 Å². The van der Waals surface area contributed by atoms with Gasteiger partial charge in [-0.2, -0.15) is 0 Å². The fourth-order valence-electron chi connectivity index (χ4n) is 2.18. The van der Waals surface area contributed by atoms with E-state index in [-0.39, 0.29) is 36.5 Å². The average molecular weight is 334 g/mol. The SMILES string of the molecule is CS(=N)(=O)C1CN(C(=O)c2cc(CN=[N+]=[N-])cc(N=[N+]=[N-])c2)C1. The first-order valence-electron chi connectivity index (χ1n) is 6.57. The largest absolute Gasteiger partial charge is 0.336 e. The Kier molecular flexibility index (Phi) is 4.75. The van der Waals surface area contributed by atoms with Crippen LogP contribution in [-0.4, -0.2) is 39.6 Å². The predicted octanol–water partition coefficient (Wildman–Crippen LogP) is 2.94. The third kappa shape index (κ3) is 3.92. The second-order valence-corrected chi connectivity index (χ2v) is 7.68. The van der Waals surface area contributed by atoms with Gasteiger partial charge in [0.25, 0.3) is 5.91 Å². The first kappa shape index (κ1) is 16.6. The normalized spacial score (nSPS) is 16.5. The van der Waals surface area contributed by atoms with E-state index < -0.39 is 9.73 Å². The van der Waals surface area contributed by atoms with E-state index in [1.807, 2.05) is 0 Å². The van der Waals surface area contributed by atoms with Gasteiger partial charge < -0.3 is 4.90 Å². The lowest BCUT2D eigenvalue weighted by atomic mass is 10.1. The number of amides is 1. The van der Waals surface area contributed by atoms with Crippen molar-refractivity contribution in [2.24, 2.45) is 10.2 Å². The van der Waals surface area contributed by atoms with Crippen molar-refractivity contribution in [2.45, 2.75) is 11.8 Å². The van der Waals surface area contributed by atoms with Crippen LogP contribution in [0.1, 0.15) is 15.9 Å². The summed E-state index contributed by atoms with van der Waals surface area (Å²) in [5.41, 5.74) is 18.0. The quantitative estimate of drug-likeness (QED) is 0.498. The maximum Gasteiger partial charge on any atom is 0.253 e. The van der Waals surface area contributed by atoms with Crippen LogP contribution in [0.25, 0.3) is 20.9 Å². The Bertz CT molecular complexity index is 831. The highest BCUT2D eigenvalue weighted by atomic mass is 32.2. The third-order valence-corrected chi connectivity index (χ3v) is 5.04. The molecule has 1 fully saturated rings. The van der Waals surface area contributed by atoms with Crippen LogP contribution in [0.5, 0.6) is 0 Å². The predicted molar refractivity (Wildman–Crippen MR) is 84.6 cm³/mol. The molecule has 11 heteroatoms. The molecule has 1 aliphatic rings. The van der Waals surface area contributed by atoms with Crippen molar-refractivity contribution >= 4 is 21.3 Å². The first-order valence-corrected chi connectivity index (χ1v) is 8.60. The fourth-order valence-corrected chi connectivity index (χ4v) is 3.11. The van der Waals surface area contributed by atoms with E-state index >= 15 is 0 Å². The molecule has 0 radical (unpaired) electrons. The van der Waals surface area contributed by atoms with Gasteiger partial charge in [-0.25, -0.2) is 4.21 Å². The van der Waals surface area contributed by atoms with Crippen LogP contribution in [0.4, 0.5) is 5.69 Å². The number of benzene rings is 1. The molecule has 1 N–H and O–H groups in total. The Hall–Kier alpha value is -2.74. The number of hydrogen-bond acceptors (Lipinski definition) is 5. The van der Waals surface area contributed by atoms with Crippen molar-refractivity contribution in [3.63, 3.8) is 0 Å². The van der Waals surface area contributed by atoms with Gasteiger partial charge in [-0.15, -0.1) is 0 Å². The Morgan fingerprint density at radius 2 is 2.09 bits per heavy atom. The van der Waals surface area contributed by atoms with E-state index in [2.05, 4.69) is 20.1 Å². The molecule has 120 valence electrons. The van der Waals surface area contributed by atoms with Crippen LogP contribution >= 0.6 is 0 Å². The molecule has 1 aromatic carbocycles. The monoisotopic (exact) mass is 334 g/mol. The minimum absolute atomic E-state index is 0.0314. The van der Waals surface area contributed by atoms with Crippen LogP contribution in [0.15, 0.2) is 28.4 Å². The Morgan fingerprint density at radius 1 is 1.39 bits per heavy atom. The molecule has 1 saturated heterocycles. The number of carbonyl (C=O) groups excluding carboxylic acids is 1. The summed E-state index contributed by atoms with van der Waals surface area (Å²) in [4.78, 5) is 19.2. The summed E-state index contributed by atoms with van der Waals surface area (Å²) >= 11 is 0. The number of rotatable bonds is 5. The standard InChI is InChI=1S/C12H14N8O2S/c1-23(15,22)11-6-20(7-11)12(21)9-2-8(5-16-18-13)3-10(4-9)17-19-14/h2-4,11,15H,5-7H2,1H3. The topological polar surface area (TPSA) is 159 Å². The van der Waals surface area contributed by atoms with Gasteiger partial charge in [-0.3, -0.25) is 9.57 Å². The van der Waals surface area contributed by atoms with Gasteiger partial charge in [-0.05, 0) is 34.8 Å². The summed E-state index contributed by atoms with van der Waals surface area (Å²) in [6, 6.07) is 4.54. The maximum atomic E-state index is 12.4. The molecule has 1 aliphatic heterocycles. The average Bonchev–Trinajstić information content (AvgIpc) is 2.42. The van der Waals surface area contributed by atoms with Crippen molar-refractivity contribution in [1.82, 2.24) is 4.90 Å². The Balaban J connectivity index is 2.24. The molecule has 1 unspecified atom stereocenters. The molecule has 0 bridgehead atoms. The van der Waals surface area contributed by atoms with Crippen LogP contribution in [-0.2, 0) is 16.3 Å². The van der Waals surface area contributed by atoms with E-state index in [1.165, 1.54) is 23.3 Å². The highest BCUT2D eigenvalue weighted by Gasteiger charge is 2.35. The van der Waals surface area contributed by atoms with Crippen LogP contribution in [0.2, 0.25) is 0 Å². The van der Waals surface area contributed by atoms with Crippen molar-refractivity contribution in [3.8, 4) is 0 Å². The minimum atomic E-state index is -2.67. The van der Waals surface area contributed by atoms with Gasteiger partial charge >= 0.3 is 0 Å². The number of azide groups is 2. The minimum Gasteiger partial charge on any atom is -0.336 e. The summed E-state index contributed by atoms with van der Waals surface area (Å²) in [5, 5.41) is 6.58. The molecule has 23 heavy (non-hydrogen) atoms. The maximum absolute atomic E-state index is 12.4. The van der Waals surface area contributed by atoms with E-state index in [9.17, 15) is 9.00 Å². The van der Waals surface area contributed by atoms with Gasteiger partial charge in [0, 0.05) is 50.1 Å². The van der Waals surface area contributed by atoms with E-state index in [4.69, 9.17) is 15.8 Å². The molecule has 1 atom stereocenters. The highest BCUT2D eigenvalue weighted by molar-refractivity contribution is 7.92. The molecule has 1 aromatic rings. The van der Waals surface area contributed by atoms with Crippen LogP contribution in [0.3, 0.4) is 0 Å². The number of nitrogens with zero attached hydrogens (tertiary/aromatic N) is 7. The molecule has 0 aromatic heterocycles. The lowest BCUT2D eigenvalue weighted by molar-refractivity contribution is 0.0660. The number of nitrogens with one attached hydrogen (secondary N) is 1. The van der Waals surface area contributed by atoms with Gasteiger partial charge in [-0.1, -0.05) is 10.2 Å². The zero-order valence-electron chi connectivity index (χ0n) is 12.3. The summed E-state index contributed by atoms with van der Waals surface area (Å²) in [5.74, 6) is -0.304. The number of likely N-dealkylation sites (tertiary alicyclic amines) is 1. The Morgan fingerprint density at radius 3 is 2.65 bits per heavy atom. The van der Waals surface area contributed by atoms with Crippen LogP contribution < -0.4 is 0 Å². The van der Waals surface area contributed by atoms with Crippen molar-refractivity contribution < 1.29 is 9.00 Å². The first-order chi connectivity index (χ1) is 10.8. The van der Waals surface area contributed by atoms with Gasteiger partial charge in [0.2, 0.25) is 0 Å². The highest BCUT2D eigenvalue weighted by Crippen LogP contribution is 2.23. The Labute approximate surface area is 132 Å². The molecule has 1 amide bonds. The van der Waals surface area contributed by atoms with Crippen molar-refractivity contribution in [3.05, 3.63) is 50.2 Å². The lowest BCUT2D eigenvalue weighted by Crippen LogP contribution is -2.56.